The van der Waals surface area contributed by atoms with Crippen molar-refractivity contribution in [2.24, 2.45) is 0 Å². The fraction of sp³-hybridized carbons (Fsp3) is 0.357. The number of aryl methyl sites for hydroxylation is 1. The van der Waals surface area contributed by atoms with E-state index in [1.54, 1.807) is 9.58 Å². The molecule has 2 atom stereocenters. The summed E-state index contributed by atoms with van der Waals surface area (Å²) in [5, 5.41) is 13.5. The molecule has 1 saturated heterocycles. The van der Waals surface area contributed by atoms with E-state index in [0.717, 1.165) is 46.5 Å². The van der Waals surface area contributed by atoms with Crippen LogP contribution in [0.15, 0.2) is 66.0 Å². The predicted molar refractivity (Wildman–Crippen MR) is 143 cm³/mol. The Morgan fingerprint density at radius 1 is 1.16 bits per heavy atom. The summed E-state index contributed by atoms with van der Waals surface area (Å²) < 4.78 is 7.32. The molecular weight excluding hydrogens is 486 g/mol. The number of ether oxygens (including phenoxy) is 1. The zero-order valence-electron chi connectivity index (χ0n) is 20.9. The number of hydrogen-bond donors (Lipinski definition) is 1. The van der Waals surface area contributed by atoms with E-state index in [1.807, 2.05) is 73.0 Å². The molecule has 0 bridgehead atoms. The van der Waals surface area contributed by atoms with Crippen molar-refractivity contribution in [1.82, 2.24) is 25.2 Å². The second kappa shape index (κ2) is 11.7. The van der Waals surface area contributed by atoms with Crippen molar-refractivity contribution in [3.63, 3.8) is 0 Å². The largest absolute Gasteiger partial charge is 0.376 e. The Morgan fingerprint density at radius 2 is 1.97 bits per heavy atom. The zero-order chi connectivity index (χ0) is 25.6. The van der Waals surface area contributed by atoms with E-state index in [0.29, 0.717) is 19.5 Å². The van der Waals surface area contributed by atoms with Gasteiger partial charge in [0.05, 0.1) is 11.6 Å². The van der Waals surface area contributed by atoms with Gasteiger partial charge in [-0.2, -0.15) is 0 Å². The SMILES string of the molecule is Cc1ccsc1C(C(=O)NCC1CCCO1)N(CCc1ccccc1)C(=O)Cn1nnc2ccccc21. The van der Waals surface area contributed by atoms with Crippen molar-refractivity contribution in [3.8, 4) is 0 Å². The van der Waals surface area contributed by atoms with E-state index >= 15 is 0 Å². The lowest BCUT2D eigenvalue weighted by molar-refractivity contribution is -0.141. The van der Waals surface area contributed by atoms with Crippen LogP contribution < -0.4 is 5.32 Å². The minimum atomic E-state index is -0.743. The van der Waals surface area contributed by atoms with Crippen LogP contribution in [0.25, 0.3) is 11.0 Å². The van der Waals surface area contributed by atoms with Gasteiger partial charge in [0.25, 0.3) is 0 Å². The number of para-hydroxylation sites is 1. The number of benzene rings is 2. The third kappa shape index (κ3) is 5.89. The van der Waals surface area contributed by atoms with Crippen molar-refractivity contribution < 1.29 is 14.3 Å². The average molecular weight is 518 g/mol. The monoisotopic (exact) mass is 517 g/mol. The normalized spacial score (nSPS) is 16.1. The van der Waals surface area contributed by atoms with Gasteiger partial charge in [-0.3, -0.25) is 9.59 Å². The lowest BCUT2D eigenvalue weighted by Gasteiger charge is -2.31. The maximum absolute atomic E-state index is 13.9. The van der Waals surface area contributed by atoms with Gasteiger partial charge in [-0.25, -0.2) is 4.68 Å². The Balaban J connectivity index is 1.44. The minimum absolute atomic E-state index is 0.00472. The van der Waals surface area contributed by atoms with Crippen LogP contribution in [0, 0.1) is 6.92 Å². The molecule has 2 amide bonds. The Kier molecular flexibility index (Phi) is 7.91. The van der Waals surface area contributed by atoms with Crippen LogP contribution in [-0.2, 0) is 27.3 Å². The Hall–Kier alpha value is -3.56. The van der Waals surface area contributed by atoms with Crippen LogP contribution in [0.3, 0.4) is 0 Å². The molecule has 8 nitrogen and oxygen atoms in total. The Labute approximate surface area is 220 Å². The minimum Gasteiger partial charge on any atom is -0.376 e. The summed E-state index contributed by atoms with van der Waals surface area (Å²) in [6.07, 6.45) is 2.58. The molecule has 1 aliphatic rings. The van der Waals surface area contributed by atoms with E-state index in [1.165, 1.54) is 11.3 Å². The first kappa shape index (κ1) is 25.1. The van der Waals surface area contributed by atoms with Gasteiger partial charge in [0.1, 0.15) is 18.1 Å². The number of amides is 2. The Bertz CT molecular complexity index is 1350. The molecule has 0 aliphatic carbocycles. The molecule has 2 aromatic heterocycles. The highest BCUT2D eigenvalue weighted by molar-refractivity contribution is 7.10. The second-order valence-corrected chi connectivity index (χ2v) is 10.3. The zero-order valence-corrected chi connectivity index (χ0v) is 21.7. The quantitative estimate of drug-likeness (QED) is 0.345. The fourth-order valence-corrected chi connectivity index (χ4v) is 5.76. The van der Waals surface area contributed by atoms with Crippen LogP contribution in [0.2, 0.25) is 0 Å². The van der Waals surface area contributed by atoms with Crippen LogP contribution in [0.4, 0.5) is 0 Å². The maximum atomic E-state index is 13.9. The van der Waals surface area contributed by atoms with Crippen molar-refractivity contribution in [2.75, 3.05) is 19.7 Å². The summed E-state index contributed by atoms with van der Waals surface area (Å²) in [7, 11) is 0. The number of aromatic nitrogens is 3. The topological polar surface area (TPSA) is 89.4 Å². The van der Waals surface area contributed by atoms with Crippen molar-refractivity contribution >= 4 is 34.2 Å². The van der Waals surface area contributed by atoms with Gasteiger partial charge in [-0.15, -0.1) is 16.4 Å². The van der Waals surface area contributed by atoms with Crippen LogP contribution in [0.5, 0.6) is 0 Å². The van der Waals surface area contributed by atoms with Crippen LogP contribution >= 0.6 is 11.3 Å². The van der Waals surface area contributed by atoms with Gasteiger partial charge < -0.3 is 15.0 Å². The first-order valence-electron chi connectivity index (χ1n) is 12.6. The van der Waals surface area contributed by atoms with E-state index in [4.69, 9.17) is 4.74 Å². The van der Waals surface area contributed by atoms with E-state index < -0.39 is 6.04 Å². The van der Waals surface area contributed by atoms with Crippen LogP contribution in [0.1, 0.15) is 34.9 Å². The summed E-state index contributed by atoms with van der Waals surface area (Å²) >= 11 is 1.50. The van der Waals surface area contributed by atoms with E-state index in [2.05, 4.69) is 15.6 Å². The molecule has 1 fully saturated rings. The molecule has 0 radical (unpaired) electrons. The molecule has 9 heteroatoms. The number of nitrogens with one attached hydrogen (secondary N) is 1. The number of thiophene rings is 1. The van der Waals surface area contributed by atoms with Crippen molar-refractivity contribution in [3.05, 3.63) is 82.0 Å². The lowest BCUT2D eigenvalue weighted by Crippen LogP contribution is -2.47. The molecule has 0 saturated carbocycles. The van der Waals surface area contributed by atoms with E-state index in [9.17, 15) is 9.59 Å². The molecule has 37 heavy (non-hydrogen) atoms. The van der Waals surface area contributed by atoms with Gasteiger partial charge >= 0.3 is 0 Å². The number of carbonyl (C=O) groups is 2. The fourth-order valence-electron chi connectivity index (χ4n) is 4.73. The van der Waals surface area contributed by atoms with Gasteiger partial charge in [-0.1, -0.05) is 47.7 Å². The summed E-state index contributed by atoms with van der Waals surface area (Å²) in [4.78, 5) is 30.2. The van der Waals surface area contributed by atoms with Gasteiger partial charge in [0.2, 0.25) is 11.8 Å². The summed E-state index contributed by atoms with van der Waals surface area (Å²) in [5.74, 6) is -0.373. The average Bonchev–Trinajstić information content (AvgIpc) is 3.68. The molecule has 0 spiro atoms. The number of rotatable bonds is 10. The second-order valence-electron chi connectivity index (χ2n) is 9.31. The van der Waals surface area contributed by atoms with Gasteiger partial charge in [0, 0.05) is 24.6 Å². The highest BCUT2D eigenvalue weighted by atomic mass is 32.1. The summed E-state index contributed by atoms with van der Waals surface area (Å²) in [6, 6.07) is 18.8. The van der Waals surface area contributed by atoms with Crippen LogP contribution in [-0.4, -0.2) is 57.5 Å². The molecule has 2 unspecified atom stereocenters. The maximum Gasteiger partial charge on any atom is 0.248 e. The smallest absolute Gasteiger partial charge is 0.248 e. The molecule has 4 aromatic rings. The van der Waals surface area contributed by atoms with Crippen molar-refractivity contribution in [2.45, 2.75) is 44.9 Å². The third-order valence-electron chi connectivity index (χ3n) is 6.75. The molecule has 3 heterocycles. The van der Waals surface area contributed by atoms with Gasteiger partial charge in [-0.05, 0) is 60.9 Å². The molecule has 5 rings (SSSR count). The number of carbonyl (C=O) groups excluding carboxylic acids is 2. The first-order chi connectivity index (χ1) is 18.1. The number of hydrogen-bond acceptors (Lipinski definition) is 6. The number of fused-ring (bicyclic) bond motifs is 1. The summed E-state index contributed by atoms with van der Waals surface area (Å²) in [6.45, 7) is 3.53. The van der Waals surface area contributed by atoms with Gasteiger partial charge in [0.15, 0.2) is 0 Å². The lowest BCUT2D eigenvalue weighted by atomic mass is 10.1. The molecular formula is C28H31N5O3S. The molecule has 2 aromatic carbocycles. The highest BCUT2D eigenvalue weighted by Crippen LogP contribution is 2.30. The predicted octanol–water partition coefficient (Wildman–Crippen LogP) is 3.91. The third-order valence-corrected chi connectivity index (χ3v) is 7.82. The number of nitrogens with zero attached hydrogens (tertiary/aromatic N) is 4. The Morgan fingerprint density at radius 3 is 2.73 bits per heavy atom. The molecule has 1 aliphatic heterocycles. The summed E-state index contributed by atoms with van der Waals surface area (Å²) in [5.41, 5.74) is 3.61. The molecule has 1 N–H and O–H groups in total. The van der Waals surface area contributed by atoms with E-state index in [-0.39, 0.29) is 24.5 Å². The highest BCUT2D eigenvalue weighted by Gasteiger charge is 2.34. The first-order valence-corrected chi connectivity index (χ1v) is 13.5. The molecule has 192 valence electrons. The van der Waals surface area contributed by atoms with Crippen molar-refractivity contribution in [1.29, 1.82) is 0 Å². The standard InChI is InChI=1S/C28H31N5O3S/c1-20-14-17-37-27(20)26(28(35)29-18-22-10-7-16-36-22)32(15-13-21-8-3-2-4-9-21)25(34)19-33-24-12-6-5-11-23(24)30-31-33/h2-6,8-9,11-12,14,17,22,26H,7,10,13,15-16,18-19H2,1H3,(H,29,35).